The highest BCUT2D eigenvalue weighted by Gasteiger charge is 2.13. The minimum Gasteiger partial charge on any atom is -0.356 e. The van der Waals surface area contributed by atoms with Crippen molar-refractivity contribution in [1.29, 1.82) is 0 Å². The van der Waals surface area contributed by atoms with Crippen molar-refractivity contribution in [1.82, 2.24) is 20.8 Å². The van der Waals surface area contributed by atoms with Crippen molar-refractivity contribution in [2.45, 2.75) is 6.29 Å². The number of anilines is 1. The van der Waals surface area contributed by atoms with Gasteiger partial charge in [0, 0.05) is 18.5 Å². The molecule has 0 spiro atoms. The fraction of sp³-hybridized carbons (Fsp3) is 0.300. The fourth-order valence-corrected chi connectivity index (χ4v) is 1.85. The maximum atomic E-state index is 4.03. The maximum Gasteiger partial charge on any atom is 0.132 e. The summed E-state index contributed by atoms with van der Waals surface area (Å²) in [6.45, 7) is 1.99. The number of fused-ring (bicyclic) bond motifs is 1. The molecule has 4 N–H and O–H groups in total. The predicted octanol–water partition coefficient (Wildman–Crippen LogP) is 0.451. The van der Waals surface area contributed by atoms with E-state index in [0.717, 1.165) is 29.7 Å². The van der Waals surface area contributed by atoms with E-state index in [1.165, 1.54) is 0 Å². The van der Waals surface area contributed by atoms with Crippen LogP contribution in [0.25, 0.3) is 10.9 Å². The van der Waals surface area contributed by atoms with Gasteiger partial charge in [-0.15, -0.1) is 0 Å². The highest BCUT2D eigenvalue weighted by atomic mass is 15.3. The van der Waals surface area contributed by atoms with Crippen LogP contribution >= 0.6 is 0 Å². The lowest BCUT2D eigenvalue weighted by Gasteiger charge is -2.14. The Morgan fingerprint density at radius 1 is 1.27 bits per heavy atom. The number of hydrogen-bond donors (Lipinski definition) is 4. The first-order chi connectivity index (χ1) is 7.43. The van der Waals surface area contributed by atoms with Gasteiger partial charge in [-0.05, 0) is 6.07 Å². The summed E-state index contributed by atoms with van der Waals surface area (Å²) in [5.41, 5.74) is 2.12. The van der Waals surface area contributed by atoms with Crippen LogP contribution in [-0.2, 0) is 0 Å². The minimum atomic E-state index is 0.152. The third-order valence-corrected chi connectivity index (χ3v) is 2.60. The Hall–Kier alpha value is -1.59. The van der Waals surface area contributed by atoms with Gasteiger partial charge in [0.25, 0.3) is 0 Å². The molecule has 0 bridgehead atoms. The Morgan fingerprint density at radius 2 is 2.13 bits per heavy atom. The molecule has 0 radical (unpaired) electrons. The van der Waals surface area contributed by atoms with Gasteiger partial charge in [-0.1, -0.05) is 12.1 Å². The van der Waals surface area contributed by atoms with Crippen LogP contribution in [0.1, 0.15) is 0 Å². The molecule has 1 saturated heterocycles. The number of hydrogen-bond acceptors (Lipinski definition) is 4. The summed E-state index contributed by atoms with van der Waals surface area (Å²) in [7, 11) is 0. The first-order valence-corrected chi connectivity index (χ1v) is 5.09. The highest BCUT2D eigenvalue weighted by molar-refractivity contribution is 5.89. The van der Waals surface area contributed by atoms with Crippen LogP contribution in [0.4, 0.5) is 5.69 Å². The van der Waals surface area contributed by atoms with E-state index in [9.17, 15) is 0 Å². The van der Waals surface area contributed by atoms with Gasteiger partial charge in [-0.25, -0.2) is 0 Å². The van der Waals surface area contributed by atoms with Gasteiger partial charge in [0.1, 0.15) is 6.29 Å². The van der Waals surface area contributed by atoms with Gasteiger partial charge in [0.15, 0.2) is 0 Å². The summed E-state index contributed by atoms with van der Waals surface area (Å²) in [5.74, 6) is 0. The fourth-order valence-electron chi connectivity index (χ4n) is 1.85. The molecule has 2 aromatic rings. The maximum absolute atomic E-state index is 4.03. The topological polar surface area (TPSA) is 64.8 Å². The zero-order valence-corrected chi connectivity index (χ0v) is 8.25. The van der Waals surface area contributed by atoms with E-state index in [4.69, 9.17) is 0 Å². The lowest BCUT2D eigenvalue weighted by atomic mass is 10.2. The molecular weight excluding hydrogens is 190 g/mol. The number of H-pyrrole nitrogens is 1. The molecule has 0 aliphatic carbocycles. The van der Waals surface area contributed by atoms with E-state index in [2.05, 4.69) is 26.1 Å². The molecule has 3 rings (SSSR count). The zero-order valence-electron chi connectivity index (χ0n) is 8.25. The van der Waals surface area contributed by atoms with Gasteiger partial charge < -0.3 is 5.32 Å². The Morgan fingerprint density at radius 3 is 3.00 bits per heavy atom. The molecule has 0 saturated carbocycles. The molecule has 15 heavy (non-hydrogen) atoms. The second-order valence-electron chi connectivity index (χ2n) is 3.63. The Bertz CT molecular complexity index is 458. The molecule has 0 atom stereocenters. The zero-order chi connectivity index (χ0) is 10.1. The van der Waals surface area contributed by atoms with Crippen LogP contribution in [0, 0.1) is 0 Å². The molecule has 5 heteroatoms. The second kappa shape index (κ2) is 3.52. The first kappa shape index (κ1) is 8.70. The molecule has 5 nitrogen and oxygen atoms in total. The standard InChI is InChI=1S/C10H13N5/c1-2-7-6-13-15-9(7)8(3-1)14-10-11-4-5-12-10/h1-3,6,10-12,14H,4-5H2,(H,13,15). The average Bonchev–Trinajstić information content (AvgIpc) is 2.87. The number of aromatic amines is 1. The number of aromatic nitrogens is 2. The molecule has 1 fully saturated rings. The number of benzene rings is 1. The first-order valence-electron chi connectivity index (χ1n) is 5.09. The van der Waals surface area contributed by atoms with E-state index in [0.29, 0.717) is 0 Å². The van der Waals surface area contributed by atoms with E-state index in [1.807, 2.05) is 24.4 Å². The van der Waals surface area contributed by atoms with Gasteiger partial charge >= 0.3 is 0 Å². The SMILES string of the molecule is c1cc(NC2NCCN2)c2[nH]ncc2c1. The monoisotopic (exact) mass is 203 g/mol. The van der Waals surface area contributed by atoms with Crippen LogP contribution in [0.5, 0.6) is 0 Å². The lowest BCUT2D eigenvalue weighted by Crippen LogP contribution is -2.38. The summed E-state index contributed by atoms with van der Waals surface area (Å²) >= 11 is 0. The summed E-state index contributed by atoms with van der Waals surface area (Å²) in [6, 6.07) is 6.11. The third kappa shape index (κ3) is 1.55. The predicted molar refractivity (Wildman–Crippen MR) is 59.5 cm³/mol. The third-order valence-electron chi connectivity index (χ3n) is 2.60. The average molecular weight is 203 g/mol. The van der Waals surface area contributed by atoms with Gasteiger partial charge in [0.05, 0.1) is 17.4 Å². The number of nitrogens with zero attached hydrogens (tertiary/aromatic N) is 1. The van der Waals surface area contributed by atoms with Crippen molar-refractivity contribution in [3.05, 3.63) is 24.4 Å². The van der Waals surface area contributed by atoms with Crippen molar-refractivity contribution in [3.63, 3.8) is 0 Å². The lowest BCUT2D eigenvalue weighted by molar-refractivity contribution is 0.621. The van der Waals surface area contributed by atoms with Gasteiger partial charge in [-0.2, -0.15) is 5.10 Å². The highest BCUT2D eigenvalue weighted by Crippen LogP contribution is 2.20. The van der Waals surface area contributed by atoms with Crippen LogP contribution in [0.15, 0.2) is 24.4 Å². The second-order valence-corrected chi connectivity index (χ2v) is 3.63. The smallest absolute Gasteiger partial charge is 0.132 e. The minimum absolute atomic E-state index is 0.152. The van der Waals surface area contributed by atoms with Crippen molar-refractivity contribution >= 4 is 16.6 Å². The molecule has 1 aliphatic rings. The summed E-state index contributed by atoms with van der Waals surface area (Å²) < 4.78 is 0. The van der Waals surface area contributed by atoms with Crippen LogP contribution in [0.3, 0.4) is 0 Å². The Kier molecular flexibility index (Phi) is 2.04. The molecule has 2 heterocycles. The molecule has 1 aliphatic heterocycles. The van der Waals surface area contributed by atoms with Gasteiger partial charge in [-0.3, -0.25) is 15.7 Å². The van der Waals surface area contributed by atoms with Gasteiger partial charge in [0.2, 0.25) is 0 Å². The summed E-state index contributed by atoms with van der Waals surface area (Å²) in [4.78, 5) is 0. The van der Waals surface area contributed by atoms with E-state index in [1.54, 1.807) is 0 Å². The quantitative estimate of drug-likeness (QED) is 0.572. The van der Waals surface area contributed by atoms with E-state index < -0.39 is 0 Å². The molecule has 1 aromatic carbocycles. The Labute approximate surface area is 87.2 Å². The normalized spacial score (nSPS) is 17.3. The van der Waals surface area contributed by atoms with Crippen LogP contribution in [-0.4, -0.2) is 29.6 Å². The van der Waals surface area contributed by atoms with Crippen LogP contribution < -0.4 is 16.0 Å². The molecule has 0 unspecified atom stereocenters. The largest absolute Gasteiger partial charge is 0.356 e. The van der Waals surface area contributed by atoms with E-state index in [-0.39, 0.29) is 6.29 Å². The molecule has 1 aromatic heterocycles. The van der Waals surface area contributed by atoms with E-state index >= 15 is 0 Å². The number of nitrogens with one attached hydrogen (secondary N) is 4. The van der Waals surface area contributed by atoms with Crippen molar-refractivity contribution in [3.8, 4) is 0 Å². The number of rotatable bonds is 2. The number of para-hydroxylation sites is 1. The van der Waals surface area contributed by atoms with Crippen LogP contribution in [0.2, 0.25) is 0 Å². The van der Waals surface area contributed by atoms with Crippen molar-refractivity contribution in [2.75, 3.05) is 18.4 Å². The van der Waals surface area contributed by atoms with Crippen molar-refractivity contribution in [2.24, 2.45) is 0 Å². The summed E-state index contributed by atoms with van der Waals surface area (Å²) in [5, 5.41) is 18.1. The molecular formula is C10H13N5. The Balaban J connectivity index is 1.92. The summed E-state index contributed by atoms with van der Waals surface area (Å²) in [6.07, 6.45) is 1.98. The molecule has 78 valence electrons. The van der Waals surface area contributed by atoms with Crippen molar-refractivity contribution < 1.29 is 0 Å². The molecule has 0 amide bonds.